The van der Waals surface area contributed by atoms with Gasteiger partial charge in [-0.05, 0) is 37.8 Å². The van der Waals surface area contributed by atoms with E-state index in [2.05, 4.69) is 30.8 Å². The van der Waals surface area contributed by atoms with Crippen molar-refractivity contribution in [2.75, 3.05) is 44.6 Å². The van der Waals surface area contributed by atoms with Crippen molar-refractivity contribution >= 4 is 53.1 Å². The van der Waals surface area contributed by atoms with Crippen LogP contribution in [-0.4, -0.2) is 125 Å². The van der Waals surface area contributed by atoms with Gasteiger partial charge in [0.05, 0.1) is 11.6 Å². The zero-order valence-corrected chi connectivity index (χ0v) is 27.5. The van der Waals surface area contributed by atoms with Gasteiger partial charge in [0.15, 0.2) is 5.96 Å². The number of anilines is 1. The van der Waals surface area contributed by atoms with Crippen molar-refractivity contribution in [1.29, 1.82) is 0 Å². The lowest BCUT2D eigenvalue weighted by Crippen LogP contribution is -2.47. The molecular formula is C26H36ClF9N8O8. The Labute approximate surface area is 293 Å². The molecule has 0 spiro atoms. The SMILES string of the molecule is NC(N)=NCCCCC(=O)NCCN1CCC(NC(=O)CNc2ccc(Cl)cn2)CC1.O=C(O)C(F)(F)F.O=C(O)C(F)(F)F.O=C(O)C(F)(F)F. The van der Waals surface area contributed by atoms with Crippen LogP contribution in [0.2, 0.25) is 5.02 Å². The fourth-order valence-electron chi connectivity index (χ4n) is 3.28. The normalized spacial score (nSPS) is 13.3. The molecule has 0 bridgehead atoms. The first-order valence-corrected chi connectivity index (χ1v) is 14.7. The fraction of sp³-hybridized carbons (Fsp3) is 0.577. The molecule has 1 aromatic rings. The van der Waals surface area contributed by atoms with Gasteiger partial charge >= 0.3 is 36.4 Å². The molecule has 298 valence electrons. The van der Waals surface area contributed by atoms with E-state index in [4.69, 9.17) is 52.8 Å². The predicted molar refractivity (Wildman–Crippen MR) is 164 cm³/mol. The van der Waals surface area contributed by atoms with Gasteiger partial charge in [-0.15, -0.1) is 0 Å². The molecule has 0 unspecified atom stereocenters. The fourth-order valence-corrected chi connectivity index (χ4v) is 3.39. The molecule has 1 aliphatic rings. The second kappa shape index (κ2) is 24.4. The predicted octanol–water partition coefficient (Wildman–Crippen LogP) is 2.19. The van der Waals surface area contributed by atoms with Crippen LogP contribution in [-0.2, 0) is 24.0 Å². The van der Waals surface area contributed by atoms with Crippen molar-refractivity contribution in [1.82, 2.24) is 20.5 Å². The molecule has 10 N–H and O–H groups in total. The highest BCUT2D eigenvalue weighted by Gasteiger charge is 2.39. The lowest BCUT2D eigenvalue weighted by atomic mass is 10.1. The van der Waals surface area contributed by atoms with Gasteiger partial charge in [-0.2, -0.15) is 39.5 Å². The number of unbranched alkanes of at least 4 members (excludes halogenated alkanes) is 1. The summed E-state index contributed by atoms with van der Waals surface area (Å²) in [6.07, 6.45) is -9.90. The van der Waals surface area contributed by atoms with E-state index in [-0.39, 0.29) is 30.4 Å². The van der Waals surface area contributed by atoms with Crippen molar-refractivity contribution in [2.45, 2.75) is 56.7 Å². The number of carbonyl (C=O) groups excluding carboxylic acids is 2. The van der Waals surface area contributed by atoms with Gasteiger partial charge in [0.25, 0.3) is 0 Å². The lowest BCUT2D eigenvalue weighted by Gasteiger charge is -2.32. The van der Waals surface area contributed by atoms with E-state index >= 15 is 0 Å². The topological polar surface area (TPSA) is 263 Å². The van der Waals surface area contributed by atoms with E-state index in [1.807, 2.05) is 0 Å². The van der Waals surface area contributed by atoms with Crippen LogP contribution in [0.5, 0.6) is 0 Å². The van der Waals surface area contributed by atoms with Gasteiger partial charge in [-0.3, -0.25) is 14.6 Å². The number of nitrogens with two attached hydrogens (primary N) is 2. The number of carbonyl (C=O) groups is 5. The maximum absolute atomic E-state index is 12.1. The number of rotatable bonds is 12. The van der Waals surface area contributed by atoms with Crippen molar-refractivity contribution < 1.29 is 78.8 Å². The molecule has 0 saturated carbocycles. The Kier molecular flexibility index (Phi) is 23.1. The molecule has 1 saturated heterocycles. The molecule has 1 aromatic heterocycles. The molecule has 0 aromatic carbocycles. The summed E-state index contributed by atoms with van der Waals surface area (Å²) in [5, 5.41) is 30.9. The first-order valence-electron chi connectivity index (χ1n) is 14.3. The molecular weight excluding hydrogens is 759 g/mol. The smallest absolute Gasteiger partial charge is 0.475 e. The van der Waals surface area contributed by atoms with Gasteiger partial charge in [0.2, 0.25) is 11.8 Å². The molecule has 52 heavy (non-hydrogen) atoms. The summed E-state index contributed by atoms with van der Waals surface area (Å²) in [5.41, 5.74) is 10.5. The average molecular weight is 795 g/mol. The summed E-state index contributed by atoms with van der Waals surface area (Å²) in [6.45, 7) is 3.95. The zero-order valence-electron chi connectivity index (χ0n) is 26.7. The number of halogens is 10. The molecule has 16 nitrogen and oxygen atoms in total. The first-order chi connectivity index (χ1) is 23.7. The van der Waals surface area contributed by atoms with Crippen molar-refractivity contribution in [3.05, 3.63) is 23.4 Å². The highest BCUT2D eigenvalue weighted by atomic mass is 35.5. The standard InChI is InChI=1S/C20H33ClN8O2.3C2HF3O2/c21-15-4-5-17(26-13-15)27-14-19(31)28-16-6-10-29(11-7-16)12-9-24-18(30)3-1-2-8-25-20(22)23;3*3-2(4,5)1(6)7/h4-5,13,16H,1-3,6-12,14H2,(H,24,30)(H,26,27)(H,28,31)(H4,22,23,25);3*(H,6,7). The zero-order chi connectivity index (χ0) is 40.7. The summed E-state index contributed by atoms with van der Waals surface area (Å²) in [6, 6.07) is 3.63. The maximum Gasteiger partial charge on any atom is 0.490 e. The second-order valence-corrected chi connectivity index (χ2v) is 10.4. The van der Waals surface area contributed by atoms with Crippen molar-refractivity contribution in [3.63, 3.8) is 0 Å². The highest BCUT2D eigenvalue weighted by Crippen LogP contribution is 2.15. The third-order valence-corrected chi connectivity index (χ3v) is 5.92. The van der Waals surface area contributed by atoms with E-state index in [1.165, 1.54) is 6.20 Å². The van der Waals surface area contributed by atoms with Crippen LogP contribution < -0.4 is 27.4 Å². The summed E-state index contributed by atoms with van der Waals surface area (Å²) < 4.78 is 95.2. The Morgan fingerprint density at radius 3 is 1.73 bits per heavy atom. The number of hydrogen-bond donors (Lipinski definition) is 8. The number of hydrogen-bond acceptors (Lipinski definition) is 9. The number of carboxylic acids is 3. The number of aliphatic imine (C=N–C) groups is 1. The molecule has 0 radical (unpaired) electrons. The van der Waals surface area contributed by atoms with E-state index in [9.17, 15) is 49.1 Å². The van der Waals surface area contributed by atoms with Crippen molar-refractivity contribution in [2.24, 2.45) is 16.5 Å². The number of guanidine groups is 1. The Balaban J connectivity index is 0. The van der Waals surface area contributed by atoms with Crippen LogP contribution >= 0.6 is 11.6 Å². The number of alkyl halides is 9. The number of aromatic nitrogens is 1. The Bertz CT molecular complexity index is 1230. The number of aliphatic carboxylic acids is 3. The molecule has 0 aliphatic carbocycles. The van der Waals surface area contributed by atoms with Gasteiger partial charge < -0.3 is 47.6 Å². The van der Waals surface area contributed by atoms with Gasteiger partial charge in [0.1, 0.15) is 5.82 Å². The molecule has 26 heteroatoms. The number of pyridine rings is 1. The van der Waals surface area contributed by atoms with Crippen LogP contribution in [0.15, 0.2) is 23.3 Å². The van der Waals surface area contributed by atoms with Crippen molar-refractivity contribution in [3.8, 4) is 0 Å². The summed E-state index contributed by atoms with van der Waals surface area (Å²) in [5.74, 6) is -7.57. The first kappa shape index (κ1) is 49.3. The molecule has 1 aliphatic heterocycles. The Morgan fingerprint density at radius 2 is 1.33 bits per heavy atom. The minimum Gasteiger partial charge on any atom is -0.475 e. The van der Waals surface area contributed by atoms with Crippen LogP contribution in [0.4, 0.5) is 45.3 Å². The van der Waals surface area contributed by atoms with Gasteiger partial charge in [-0.1, -0.05) is 11.6 Å². The molecule has 2 heterocycles. The highest BCUT2D eigenvalue weighted by molar-refractivity contribution is 6.30. The third-order valence-electron chi connectivity index (χ3n) is 5.69. The van der Waals surface area contributed by atoms with Crippen LogP contribution in [0.25, 0.3) is 0 Å². The molecule has 2 amide bonds. The van der Waals surface area contributed by atoms with Crippen LogP contribution in [0, 0.1) is 0 Å². The Hall–Kier alpha value is -4.81. The van der Waals surface area contributed by atoms with Crippen LogP contribution in [0.3, 0.4) is 0 Å². The van der Waals surface area contributed by atoms with Crippen LogP contribution in [0.1, 0.15) is 32.1 Å². The van der Waals surface area contributed by atoms with E-state index in [1.54, 1.807) is 12.1 Å². The summed E-state index contributed by atoms with van der Waals surface area (Å²) in [7, 11) is 0. The van der Waals surface area contributed by atoms with E-state index in [0.29, 0.717) is 30.4 Å². The third kappa shape index (κ3) is 27.9. The van der Waals surface area contributed by atoms with E-state index in [0.717, 1.165) is 45.3 Å². The Morgan fingerprint density at radius 1 is 0.846 bits per heavy atom. The van der Waals surface area contributed by atoms with Gasteiger partial charge in [-0.25, -0.2) is 19.4 Å². The summed E-state index contributed by atoms with van der Waals surface area (Å²) in [4.78, 5) is 61.0. The number of nitrogens with zero attached hydrogens (tertiary/aromatic N) is 3. The molecule has 0 atom stereocenters. The minimum absolute atomic E-state index is 0.0505. The number of nitrogens with one attached hydrogen (secondary N) is 3. The van der Waals surface area contributed by atoms with Gasteiger partial charge in [0, 0.05) is 51.4 Å². The average Bonchev–Trinajstić information content (AvgIpc) is 3.01. The summed E-state index contributed by atoms with van der Waals surface area (Å²) >= 11 is 5.80. The maximum atomic E-state index is 12.1. The number of amides is 2. The molecule has 2 rings (SSSR count). The largest absolute Gasteiger partial charge is 0.490 e. The second-order valence-electron chi connectivity index (χ2n) is 9.92. The number of piperidine rings is 1. The lowest BCUT2D eigenvalue weighted by molar-refractivity contribution is -0.193. The molecule has 1 fully saturated rings. The monoisotopic (exact) mass is 794 g/mol. The number of likely N-dealkylation sites (tertiary alicyclic amines) is 1. The minimum atomic E-state index is -5.08. The van der Waals surface area contributed by atoms with E-state index < -0.39 is 36.4 Å². The quantitative estimate of drug-likeness (QED) is 0.0654. The number of carboxylic acid groups (broad SMARTS) is 3.